The molecule has 0 radical (unpaired) electrons. The van der Waals surface area contributed by atoms with Gasteiger partial charge in [0.25, 0.3) is 0 Å². The third-order valence-electron chi connectivity index (χ3n) is 4.21. The van der Waals surface area contributed by atoms with E-state index in [1.165, 1.54) is 5.01 Å². The van der Waals surface area contributed by atoms with Gasteiger partial charge in [-0.3, -0.25) is 4.90 Å². The van der Waals surface area contributed by atoms with Crippen LogP contribution in [-0.2, 0) is 0 Å². The Morgan fingerprint density at radius 2 is 1.83 bits per heavy atom. The predicted molar refractivity (Wildman–Crippen MR) is 92.1 cm³/mol. The van der Waals surface area contributed by atoms with Crippen LogP contribution in [0.1, 0.15) is 19.4 Å². The van der Waals surface area contributed by atoms with E-state index in [1.54, 1.807) is 22.1 Å². The number of nitrogens with one attached hydrogen (secondary N) is 1. The monoisotopic (exact) mass is 327 g/mol. The number of hydrazone groups is 1. The van der Waals surface area contributed by atoms with E-state index in [0.29, 0.717) is 13.1 Å². The van der Waals surface area contributed by atoms with Crippen molar-refractivity contribution in [2.24, 2.45) is 5.10 Å². The number of fused-ring (bicyclic) bond motifs is 1. The second-order valence-corrected chi connectivity index (χ2v) is 5.54. The van der Waals surface area contributed by atoms with Crippen molar-refractivity contribution in [1.29, 1.82) is 0 Å². The highest BCUT2D eigenvalue weighted by Gasteiger charge is 2.54. The van der Waals surface area contributed by atoms with Crippen LogP contribution >= 0.6 is 0 Å². The average Bonchev–Trinajstić information content (AvgIpc) is 3.04. The fourth-order valence-electron chi connectivity index (χ4n) is 3.06. The van der Waals surface area contributed by atoms with Crippen molar-refractivity contribution < 1.29 is 9.59 Å². The lowest BCUT2D eigenvalue weighted by atomic mass is 10.2. The third-order valence-corrected chi connectivity index (χ3v) is 4.21. The molecule has 0 aliphatic carbocycles. The summed E-state index contributed by atoms with van der Waals surface area (Å²) in [6.07, 6.45) is 4.49. The maximum Gasteiger partial charge on any atom is 0.341 e. The molecule has 1 aromatic rings. The number of rotatable bonds is 5. The Morgan fingerprint density at radius 3 is 2.50 bits per heavy atom. The van der Waals surface area contributed by atoms with E-state index in [1.807, 2.05) is 50.3 Å². The van der Waals surface area contributed by atoms with Crippen LogP contribution in [0, 0.1) is 0 Å². The molecule has 2 aliphatic heterocycles. The quantitative estimate of drug-likeness (QED) is 0.842. The molecule has 1 aromatic carbocycles. The van der Waals surface area contributed by atoms with Gasteiger partial charge in [0.2, 0.25) is 0 Å². The SMILES string of the molecule is CCN1C(=O)N(CC)C2C1NC(=O)N2/N=C/C=C/c1ccccc1. The first-order valence-electron chi connectivity index (χ1n) is 8.10. The lowest BCUT2D eigenvalue weighted by Crippen LogP contribution is -2.43. The minimum Gasteiger partial charge on any atom is -0.312 e. The lowest BCUT2D eigenvalue weighted by Gasteiger charge is -2.24. The predicted octanol–water partition coefficient (Wildman–Crippen LogP) is 2.14. The number of hydrogen-bond acceptors (Lipinski definition) is 3. The zero-order valence-corrected chi connectivity index (χ0v) is 13.8. The molecule has 2 fully saturated rings. The number of urea groups is 2. The molecule has 0 spiro atoms. The van der Waals surface area contributed by atoms with Crippen molar-refractivity contribution in [2.75, 3.05) is 13.1 Å². The van der Waals surface area contributed by atoms with E-state index >= 15 is 0 Å². The highest BCUT2D eigenvalue weighted by molar-refractivity contribution is 5.86. The van der Waals surface area contributed by atoms with Crippen LogP contribution in [0.15, 0.2) is 41.5 Å². The molecule has 24 heavy (non-hydrogen) atoms. The summed E-state index contributed by atoms with van der Waals surface area (Å²) in [6.45, 7) is 4.86. The number of allylic oxidation sites excluding steroid dienone is 1. The number of likely N-dealkylation sites (N-methyl/N-ethyl adjacent to an activating group) is 2. The number of carbonyl (C=O) groups excluding carboxylic acids is 2. The van der Waals surface area contributed by atoms with Gasteiger partial charge in [0.15, 0.2) is 6.17 Å². The molecule has 3 rings (SSSR count). The van der Waals surface area contributed by atoms with Gasteiger partial charge >= 0.3 is 12.1 Å². The molecule has 2 heterocycles. The van der Waals surface area contributed by atoms with E-state index in [2.05, 4.69) is 10.4 Å². The van der Waals surface area contributed by atoms with Crippen molar-refractivity contribution in [3.63, 3.8) is 0 Å². The van der Waals surface area contributed by atoms with Crippen LogP contribution in [0.5, 0.6) is 0 Å². The van der Waals surface area contributed by atoms with Gasteiger partial charge in [-0.25, -0.2) is 9.59 Å². The van der Waals surface area contributed by atoms with Crippen LogP contribution < -0.4 is 5.32 Å². The molecule has 1 N–H and O–H groups in total. The smallest absolute Gasteiger partial charge is 0.312 e. The molecule has 2 unspecified atom stereocenters. The Labute approximate surface area is 141 Å². The fraction of sp³-hybridized carbons (Fsp3) is 0.353. The second-order valence-electron chi connectivity index (χ2n) is 5.54. The topological polar surface area (TPSA) is 68.2 Å². The minimum absolute atomic E-state index is 0.0740. The van der Waals surface area contributed by atoms with E-state index in [4.69, 9.17) is 0 Å². The van der Waals surface area contributed by atoms with Crippen LogP contribution in [0.2, 0.25) is 0 Å². The number of carbonyl (C=O) groups is 2. The molecule has 2 saturated heterocycles. The first-order chi connectivity index (χ1) is 11.7. The van der Waals surface area contributed by atoms with Crippen molar-refractivity contribution in [3.05, 3.63) is 42.0 Å². The average molecular weight is 327 g/mol. The number of benzene rings is 1. The van der Waals surface area contributed by atoms with Gasteiger partial charge in [0, 0.05) is 19.3 Å². The molecule has 0 aromatic heterocycles. The standard InChI is InChI=1S/C17H21N5O2/c1-3-20-14-15(21(4-2)17(20)24)22(16(23)19-14)18-12-8-11-13-9-6-5-7-10-13/h5-12,14-15H,3-4H2,1-2H3,(H,19,23)/b11-8+,18-12+. The maximum atomic E-state index is 12.4. The second kappa shape index (κ2) is 6.74. The number of amides is 4. The third kappa shape index (κ3) is 2.73. The Hall–Kier alpha value is -2.83. The minimum atomic E-state index is -0.406. The molecule has 7 heteroatoms. The summed E-state index contributed by atoms with van der Waals surface area (Å²) in [4.78, 5) is 27.9. The molecule has 0 bridgehead atoms. The molecule has 4 amide bonds. The van der Waals surface area contributed by atoms with Crippen LogP contribution in [0.4, 0.5) is 9.59 Å². The number of nitrogens with zero attached hydrogens (tertiary/aromatic N) is 4. The first kappa shape index (κ1) is 16.0. The van der Waals surface area contributed by atoms with Crippen molar-refractivity contribution >= 4 is 24.4 Å². The van der Waals surface area contributed by atoms with Gasteiger partial charge in [0.05, 0.1) is 0 Å². The van der Waals surface area contributed by atoms with Crippen LogP contribution in [-0.4, -0.2) is 58.5 Å². The van der Waals surface area contributed by atoms with Crippen molar-refractivity contribution in [1.82, 2.24) is 20.1 Å². The molecule has 7 nitrogen and oxygen atoms in total. The highest BCUT2D eigenvalue weighted by Crippen LogP contribution is 2.28. The maximum absolute atomic E-state index is 12.4. The van der Waals surface area contributed by atoms with Gasteiger partial charge in [0.1, 0.15) is 6.17 Å². The van der Waals surface area contributed by atoms with Gasteiger partial charge in [-0.1, -0.05) is 36.4 Å². The summed E-state index contributed by atoms with van der Waals surface area (Å²) in [7, 11) is 0. The van der Waals surface area contributed by atoms with E-state index in [-0.39, 0.29) is 18.2 Å². The highest BCUT2D eigenvalue weighted by atomic mass is 16.2. The van der Waals surface area contributed by atoms with Gasteiger partial charge in [-0.2, -0.15) is 10.1 Å². The Bertz CT molecular complexity index is 673. The fourth-order valence-corrected chi connectivity index (χ4v) is 3.06. The van der Waals surface area contributed by atoms with E-state index in [0.717, 1.165) is 5.56 Å². The Balaban J connectivity index is 1.75. The summed E-state index contributed by atoms with van der Waals surface area (Å²) in [5.41, 5.74) is 1.05. The summed E-state index contributed by atoms with van der Waals surface area (Å²) >= 11 is 0. The summed E-state index contributed by atoms with van der Waals surface area (Å²) < 4.78 is 0. The normalized spacial score (nSPS) is 23.7. The first-order valence-corrected chi connectivity index (χ1v) is 8.10. The van der Waals surface area contributed by atoms with Crippen molar-refractivity contribution in [2.45, 2.75) is 26.2 Å². The summed E-state index contributed by atoms with van der Waals surface area (Å²) in [5.74, 6) is 0. The number of hydrogen-bond donors (Lipinski definition) is 1. The van der Waals surface area contributed by atoms with E-state index in [9.17, 15) is 9.59 Å². The zero-order valence-electron chi connectivity index (χ0n) is 13.8. The largest absolute Gasteiger partial charge is 0.341 e. The Morgan fingerprint density at radius 1 is 1.12 bits per heavy atom. The van der Waals surface area contributed by atoms with Crippen LogP contribution in [0.25, 0.3) is 6.08 Å². The Kier molecular flexibility index (Phi) is 4.50. The van der Waals surface area contributed by atoms with Crippen LogP contribution in [0.3, 0.4) is 0 Å². The van der Waals surface area contributed by atoms with Gasteiger partial charge < -0.3 is 10.2 Å². The molecule has 126 valence electrons. The molecular formula is C17H21N5O2. The zero-order chi connectivity index (χ0) is 17.1. The molecule has 2 atom stereocenters. The summed E-state index contributed by atoms with van der Waals surface area (Å²) in [5, 5.41) is 8.43. The molecule has 0 saturated carbocycles. The van der Waals surface area contributed by atoms with E-state index < -0.39 is 6.17 Å². The van der Waals surface area contributed by atoms with Gasteiger partial charge in [-0.05, 0) is 25.5 Å². The lowest BCUT2D eigenvalue weighted by molar-refractivity contribution is 0.136. The van der Waals surface area contributed by atoms with Crippen molar-refractivity contribution in [3.8, 4) is 0 Å². The molecule has 2 aliphatic rings. The summed E-state index contributed by atoms with van der Waals surface area (Å²) in [6, 6.07) is 9.47. The molecular weight excluding hydrogens is 306 g/mol. The van der Waals surface area contributed by atoms with Gasteiger partial charge in [-0.15, -0.1) is 0 Å².